The van der Waals surface area contributed by atoms with Crippen LogP contribution in [-0.4, -0.2) is 41.7 Å². The number of ether oxygens (including phenoxy) is 1. The fraction of sp³-hybridized carbons (Fsp3) is 0.500. The summed E-state index contributed by atoms with van der Waals surface area (Å²) in [6, 6.07) is 8.48. The number of halogens is 1. The smallest absolute Gasteiger partial charge is 0.0795 e. The van der Waals surface area contributed by atoms with E-state index in [1.165, 1.54) is 5.56 Å². The number of hydrogen-bond acceptors (Lipinski definition) is 5. The summed E-state index contributed by atoms with van der Waals surface area (Å²) in [5.41, 5.74) is 4.13. The summed E-state index contributed by atoms with van der Waals surface area (Å²) in [5, 5.41) is 6.41. The first-order chi connectivity index (χ1) is 11.5. The molecule has 1 saturated heterocycles. The highest BCUT2D eigenvalue weighted by molar-refractivity contribution is 7.07. The molecule has 1 unspecified atom stereocenters. The van der Waals surface area contributed by atoms with Crippen molar-refractivity contribution in [3.63, 3.8) is 0 Å². The van der Waals surface area contributed by atoms with Crippen LogP contribution in [0.15, 0.2) is 35.2 Å². The van der Waals surface area contributed by atoms with Crippen LogP contribution in [0.1, 0.15) is 31.1 Å². The second-order valence-electron chi connectivity index (χ2n) is 6.76. The van der Waals surface area contributed by atoms with Gasteiger partial charge in [0.05, 0.1) is 23.4 Å². The quantitative estimate of drug-likeness (QED) is 0.846. The number of benzene rings is 1. The first-order valence-corrected chi connectivity index (χ1v) is 9.57. The van der Waals surface area contributed by atoms with E-state index < -0.39 is 0 Å². The number of aromatic nitrogens is 1. The molecule has 3 rings (SSSR count). The summed E-state index contributed by atoms with van der Waals surface area (Å²) in [7, 11) is 0. The van der Waals surface area contributed by atoms with Gasteiger partial charge in [0.25, 0.3) is 0 Å². The molecule has 1 N–H and O–H groups in total. The highest BCUT2D eigenvalue weighted by Gasteiger charge is 2.31. The van der Waals surface area contributed by atoms with Gasteiger partial charge in [-0.2, -0.15) is 0 Å². The lowest BCUT2D eigenvalue weighted by atomic mass is 10.0. The van der Waals surface area contributed by atoms with E-state index in [0.717, 1.165) is 43.5 Å². The van der Waals surface area contributed by atoms with Gasteiger partial charge in [0.1, 0.15) is 0 Å². The van der Waals surface area contributed by atoms with Crippen molar-refractivity contribution in [2.24, 2.45) is 0 Å². The number of hydrogen-bond donors (Lipinski definition) is 1. The van der Waals surface area contributed by atoms with Gasteiger partial charge in [0, 0.05) is 42.6 Å². The van der Waals surface area contributed by atoms with E-state index in [1.54, 1.807) is 11.3 Å². The third kappa shape index (κ3) is 4.77. The topological polar surface area (TPSA) is 37.4 Å². The molecule has 1 fully saturated rings. The molecule has 0 amide bonds. The highest BCUT2D eigenvalue weighted by Crippen LogP contribution is 2.27. The van der Waals surface area contributed by atoms with Crippen molar-refractivity contribution in [3.05, 3.63) is 51.4 Å². The van der Waals surface area contributed by atoms with Crippen LogP contribution in [0, 0.1) is 0 Å². The number of morpholine rings is 1. The van der Waals surface area contributed by atoms with Crippen molar-refractivity contribution >= 4 is 22.9 Å². The SMILES string of the molecule is CC1(C)CN(C(CNCc2cscn2)c2ccc(Cl)cc2)CCO1. The maximum atomic E-state index is 6.06. The number of thiazole rings is 1. The molecule has 4 nitrogen and oxygen atoms in total. The Labute approximate surface area is 152 Å². The third-order valence-electron chi connectivity index (χ3n) is 4.28. The molecule has 0 bridgehead atoms. The first-order valence-electron chi connectivity index (χ1n) is 8.25. The van der Waals surface area contributed by atoms with Crippen molar-refractivity contribution in [3.8, 4) is 0 Å². The van der Waals surface area contributed by atoms with Gasteiger partial charge in [-0.3, -0.25) is 4.90 Å². The molecule has 24 heavy (non-hydrogen) atoms. The number of nitrogens with zero attached hydrogens (tertiary/aromatic N) is 2. The molecular weight excluding hydrogens is 342 g/mol. The molecule has 1 aliphatic rings. The van der Waals surface area contributed by atoms with Gasteiger partial charge in [-0.1, -0.05) is 23.7 Å². The monoisotopic (exact) mass is 365 g/mol. The zero-order valence-corrected chi connectivity index (χ0v) is 15.7. The second kappa shape index (κ2) is 7.93. The minimum Gasteiger partial charge on any atom is -0.373 e. The van der Waals surface area contributed by atoms with Crippen LogP contribution in [0.2, 0.25) is 5.02 Å². The van der Waals surface area contributed by atoms with E-state index in [-0.39, 0.29) is 5.60 Å². The summed E-state index contributed by atoms with van der Waals surface area (Å²) in [5.74, 6) is 0. The normalized spacial score (nSPS) is 19.3. The van der Waals surface area contributed by atoms with Crippen molar-refractivity contribution in [1.29, 1.82) is 0 Å². The molecule has 1 aromatic heterocycles. The lowest BCUT2D eigenvalue weighted by Crippen LogP contribution is -2.51. The predicted molar refractivity (Wildman–Crippen MR) is 99.6 cm³/mol. The fourth-order valence-electron chi connectivity index (χ4n) is 3.12. The predicted octanol–water partition coefficient (Wildman–Crippen LogP) is 3.74. The summed E-state index contributed by atoms with van der Waals surface area (Å²) in [4.78, 5) is 6.84. The summed E-state index contributed by atoms with van der Waals surface area (Å²) >= 11 is 7.69. The van der Waals surface area contributed by atoms with Crippen LogP contribution in [-0.2, 0) is 11.3 Å². The summed E-state index contributed by atoms with van der Waals surface area (Å²) in [6.45, 7) is 8.59. The van der Waals surface area contributed by atoms with Crippen molar-refractivity contribution in [2.45, 2.75) is 32.0 Å². The Morgan fingerprint density at radius 2 is 2.17 bits per heavy atom. The van der Waals surface area contributed by atoms with Crippen LogP contribution in [0.4, 0.5) is 0 Å². The molecule has 1 aliphatic heterocycles. The molecule has 2 aromatic rings. The second-order valence-corrected chi connectivity index (χ2v) is 7.91. The van der Waals surface area contributed by atoms with Gasteiger partial charge < -0.3 is 10.1 Å². The number of rotatable bonds is 6. The largest absolute Gasteiger partial charge is 0.373 e. The van der Waals surface area contributed by atoms with Crippen molar-refractivity contribution < 1.29 is 4.74 Å². The Morgan fingerprint density at radius 3 is 2.83 bits per heavy atom. The molecule has 1 aromatic carbocycles. The summed E-state index contributed by atoms with van der Waals surface area (Å²) in [6.07, 6.45) is 0. The van der Waals surface area contributed by atoms with Gasteiger partial charge in [-0.05, 0) is 31.5 Å². The van der Waals surface area contributed by atoms with E-state index in [0.29, 0.717) is 6.04 Å². The van der Waals surface area contributed by atoms with Gasteiger partial charge in [0.15, 0.2) is 0 Å². The fourth-order valence-corrected chi connectivity index (χ4v) is 3.81. The number of nitrogens with one attached hydrogen (secondary N) is 1. The van der Waals surface area contributed by atoms with Gasteiger partial charge in [0.2, 0.25) is 0 Å². The van der Waals surface area contributed by atoms with Crippen LogP contribution < -0.4 is 5.32 Å². The zero-order valence-electron chi connectivity index (χ0n) is 14.2. The summed E-state index contributed by atoms with van der Waals surface area (Å²) < 4.78 is 5.87. The Kier molecular flexibility index (Phi) is 5.89. The maximum Gasteiger partial charge on any atom is 0.0795 e. The molecule has 0 saturated carbocycles. The third-order valence-corrected chi connectivity index (χ3v) is 5.17. The van der Waals surface area contributed by atoms with Crippen LogP contribution >= 0.6 is 22.9 Å². The van der Waals surface area contributed by atoms with E-state index in [1.807, 2.05) is 17.6 Å². The lowest BCUT2D eigenvalue weighted by Gasteiger charge is -2.42. The Bertz CT molecular complexity index is 630. The lowest BCUT2D eigenvalue weighted by molar-refractivity contribution is -0.0974. The average molecular weight is 366 g/mol. The van der Waals surface area contributed by atoms with Gasteiger partial charge in [-0.25, -0.2) is 4.98 Å². The minimum absolute atomic E-state index is 0.113. The molecular formula is C18H24ClN3OS. The van der Waals surface area contributed by atoms with E-state index in [4.69, 9.17) is 16.3 Å². The van der Waals surface area contributed by atoms with Crippen molar-refractivity contribution in [2.75, 3.05) is 26.2 Å². The van der Waals surface area contributed by atoms with Crippen LogP contribution in [0.5, 0.6) is 0 Å². The van der Waals surface area contributed by atoms with E-state index >= 15 is 0 Å². The van der Waals surface area contributed by atoms with Crippen molar-refractivity contribution in [1.82, 2.24) is 15.2 Å². The minimum atomic E-state index is -0.113. The highest BCUT2D eigenvalue weighted by atomic mass is 35.5. The van der Waals surface area contributed by atoms with Gasteiger partial charge in [-0.15, -0.1) is 11.3 Å². The molecule has 2 heterocycles. The molecule has 0 spiro atoms. The average Bonchev–Trinajstić information content (AvgIpc) is 3.05. The zero-order chi connectivity index (χ0) is 17.0. The molecule has 0 radical (unpaired) electrons. The molecule has 130 valence electrons. The van der Waals surface area contributed by atoms with E-state index in [2.05, 4.69) is 46.6 Å². The maximum absolute atomic E-state index is 6.06. The Balaban J connectivity index is 1.71. The van der Waals surface area contributed by atoms with Gasteiger partial charge >= 0.3 is 0 Å². The molecule has 6 heteroatoms. The Morgan fingerprint density at radius 1 is 1.38 bits per heavy atom. The first kappa shape index (κ1) is 17.8. The molecule has 0 aliphatic carbocycles. The van der Waals surface area contributed by atoms with E-state index in [9.17, 15) is 0 Å². The standard InChI is InChI=1S/C18H24ClN3OS/c1-18(2)12-22(7-8-23-18)17(14-3-5-15(19)6-4-14)10-20-9-16-11-24-13-21-16/h3-6,11,13,17,20H,7-10,12H2,1-2H3. The molecule has 1 atom stereocenters. The Hall–Kier alpha value is -0.980. The van der Waals surface area contributed by atoms with Crippen LogP contribution in [0.3, 0.4) is 0 Å². The van der Waals surface area contributed by atoms with Crippen LogP contribution in [0.25, 0.3) is 0 Å².